The van der Waals surface area contributed by atoms with Crippen molar-refractivity contribution < 1.29 is 8.78 Å². The molecule has 0 bridgehead atoms. The van der Waals surface area contributed by atoms with E-state index in [4.69, 9.17) is 0 Å². The minimum absolute atomic E-state index is 0.263. The number of benzene rings is 1. The minimum atomic E-state index is -0.609. The van der Waals surface area contributed by atoms with Crippen molar-refractivity contribution in [2.24, 2.45) is 0 Å². The molecule has 0 fully saturated rings. The predicted octanol–water partition coefficient (Wildman–Crippen LogP) is 2.69. The van der Waals surface area contributed by atoms with E-state index in [1.165, 1.54) is 16.8 Å². The molecule has 5 heteroatoms. The first kappa shape index (κ1) is 13.7. The van der Waals surface area contributed by atoms with E-state index in [9.17, 15) is 8.78 Å². The Hall–Kier alpha value is -1.75. The smallest absolute Gasteiger partial charge is 0.151 e. The molecule has 0 unspecified atom stereocenters. The van der Waals surface area contributed by atoms with Crippen LogP contribution in [0.3, 0.4) is 0 Å². The van der Waals surface area contributed by atoms with Gasteiger partial charge < -0.3 is 5.32 Å². The van der Waals surface area contributed by atoms with Crippen LogP contribution >= 0.6 is 0 Å². The lowest BCUT2D eigenvalue weighted by atomic mass is 10.2. The fourth-order valence-corrected chi connectivity index (χ4v) is 1.88. The Morgan fingerprint density at radius 1 is 1.32 bits per heavy atom. The van der Waals surface area contributed by atoms with Crippen molar-refractivity contribution >= 4 is 0 Å². The summed E-state index contributed by atoms with van der Waals surface area (Å²) in [6.45, 7) is 3.97. The SMILES string of the molecule is CCNCCCc1cnn(-c2ccc(F)cc2F)c1. The maximum absolute atomic E-state index is 13.6. The summed E-state index contributed by atoms with van der Waals surface area (Å²) in [5.41, 5.74) is 1.31. The summed E-state index contributed by atoms with van der Waals surface area (Å²) >= 11 is 0. The number of aryl methyl sites for hydroxylation is 1. The number of nitrogens with one attached hydrogen (secondary N) is 1. The molecule has 19 heavy (non-hydrogen) atoms. The van der Waals surface area contributed by atoms with Crippen molar-refractivity contribution in [3.8, 4) is 5.69 Å². The van der Waals surface area contributed by atoms with Crippen LogP contribution in [0, 0.1) is 11.6 Å². The number of rotatable bonds is 6. The average Bonchev–Trinajstić information content (AvgIpc) is 2.83. The van der Waals surface area contributed by atoms with Crippen molar-refractivity contribution in [2.45, 2.75) is 19.8 Å². The van der Waals surface area contributed by atoms with Crippen LogP contribution in [0.15, 0.2) is 30.6 Å². The molecule has 102 valence electrons. The largest absolute Gasteiger partial charge is 0.317 e. The lowest BCUT2D eigenvalue weighted by molar-refractivity contribution is 0.573. The second-order valence-electron chi connectivity index (χ2n) is 4.35. The van der Waals surface area contributed by atoms with E-state index in [2.05, 4.69) is 17.3 Å². The van der Waals surface area contributed by atoms with Crippen molar-refractivity contribution in [1.29, 1.82) is 0 Å². The number of nitrogens with zero attached hydrogens (tertiary/aromatic N) is 2. The Bertz CT molecular complexity index is 537. The van der Waals surface area contributed by atoms with E-state index in [0.29, 0.717) is 0 Å². The quantitative estimate of drug-likeness (QED) is 0.814. The zero-order valence-electron chi connectivity index (χ0n) is 10.9. The number of halogens is 2. The Labute approximate surface area is 111 Å². The molecule has 0 saturated carbocycles. The molecule has 1 heterocycles. The Balaban J connectivity index is 2.04. The van der Waals surface area contributed by atoms with Gasteiger partial charge in [0.1, 0.15) is 11.5 Å². The highest BCUT2D eigenvalue weighted by atomic mass is 19.1. The van der Waals surface area contributed by atoms with Gasteiger partial charge in [-0.05, 0) is 43.6 Å². The third kappa shape index (κ3) is 3.61. The molecule has 0 aliphatic rings. The monoisotopic (exact) mass is 265 g/mol. The van der Waals surface area contributed by atoms with Crippen LogP contribution in [0.2, 0.25) is 0 Å². The van der Waals surface area contributed by atoms with E-state index >= 15 is 0 Å². The lowest BCUT2D eigenvalue weighted by Crippen LogP contribution is -2.14. The van der Waals surface area contributed by atoms with Gasteiger partial charge in [0.25, 0.3) is 0 Å². The zero-order chi connectivity index (χ0) is 13.7. The number of hydrogen-bond donors (Lipinski definition) is 1. The van der Waals surface area contributed by atoms with Gasteiger partial charge in [0.05, 0.1) is 6.20 Å². The molecular weight excluding hydrogens is 248 g/mol. The highest BCUT2D eigenvalue weighted by Gasteiger charge is 2.07. The van der Waals surface area contributed by atoms with Crippen LogP contribution in [0.5, 0.6) is 0 Å². The molecule has 1 N–H and O–H groups in total. The molecule has 0 spiro atoms. The van der Waals surface area contributed by atoms with Crippen LogP contribution in [0.25, 0.3) is 5.69 Å². The molecule has 1 aromatic carbocycles. The van der Waals surface area contributed by atoms with Crippen LogP contribution in [-0.4, -0.2) is 22.9 Å². The van der Waals surface area contributed by atoms with Gasteiger partial charge in [0, 0.05) is 12.3 Å². The van der Waals surface area contributed by atoms with Crippen LogP contribution in [-0.2, 0) is 6.42 Å². The summed E-state index contributed by atoms with van der Waals surface area (Å²) in [5, 5.41) is 7.35. The molecule has 0 aliphatic carbocycles. The first-order chi connectivity index (χ1) is 9.20. The summed E-state index contributed by atoms with van der Waals surface area (Å²) < 4.78 is 27.9. The minimum Gasteiger partial charge on any atom is -0.317 e. The summed E-state index contributed by atoms with van der Waals surface area (Å²) in [7, 11) is 0. The molecule has 0 radical (unpaired) electrons. The maximum atomic E-state index is 13.6. The molecule has 0 saturated heterocycles. The van der Waals surface area contributed by atoms with Gasteiger partial charge >= 0.3 is 0 Å². The summed E-state index contributed by atoms with van der Waals surface area (Å²) in [6.07, 6.45) is 5.39. The summed E-state index contributed by atoms with van der Waals surface area (Å²) in [4.78, 5) is 0. The van der Waals surface area contributed by atoms with E-state index in [1.54, 1.807) is 12.4 Å². The van der Waals surface area contributed by atoms with Crippen LogP contribution < -0.4 is 5.32 Å². The highest BCUT2D eigenvalue weighted by molar-refractivity contribution is 5.33. The molecule has 1 aromatic heterocycles. The van der Waals surface area contributed by atoms with Gasteiger partial charge in [-0.3, -0.25) is 0 Å². The fraction of sp³-hybridized carbons (Fsp3) is 0.357. The fourth-order valence-electron chi connectivity index (χ4n) is 1.88. The van der Waals surface area contributed by atoms with E-state index in [0.717, 1.165) is 37.6 Å². The molecule has 2 aromatic rings. The average molecular weight is 265 g/mol. The van der Waals surface area contributed by atoms with Gasteiger partial charge in [-0.2, -0.15) is 5.10 Å². The molecular formula is C14H17F2N3. The molecule has 0 atom stereocenters. The third-order valence-electron chi connectivity index (χ3n) is 2.86. The highest BCUT2D eigenvalue weighted by Crippen LogP contribution is 2.15. The normalized spacial score (nSPS) is 10.9. The summed E-state index contributed by atoms with van der Waals surface area (Å²) in [5.74, 6) is -1.19. The lowest BCUT2D eigenvalue weighted by Gasteiger charge is -2.02. The Kier molecular flexibility index (Phi) is 4.63. The van der Waals surface area contributed by atoms with E-state index in [-0.39, 0.29) is 5.69 Å². The van der Waals surface area contributed by atoms with E-state index < -0.39 is 11.6 Å². The standard InChI is InChI=1S/C14H17F2N3/c1-2-17-7-3-4-11-9-18-19(10-11)14-6-5-12(15)8-13(14)16/h5-6,8-10,17H,2-4,7H2,1H3. The number of hydrogen-bond acceptors (Lipinski definition) is 2. The number of aromatic nitrogens is 2. The molecule has 3 nitrogen and oxygen atoms in total. The second-order valence-corrected chi connectivity index (χ2v) is 4.35. The van der Waals surface area contributed by atoms with Gasteiger partial charge in [-0.25, -0.2) is 13.5 Å². The molecule has 2 rings (SSSR count). The second kappa shape index (κ2) is 6.43. The van der Waals surface area contributed by atoms with Crippen molar-refractivity contribution in [3.05, 3.63) is 47.8 Å². The Morgan fingerprint density at radius 3 is 2.89 bits per heavy atom. The van der Waals surface area contributed by atoms with Crippen LogP contribution in [0.4, 0.5) is 8.78 Å². The molecule has 0 amide bonds. The predicted molar refractivity (Wildman–Crippen MR) is 70.3 cm³/mol. The van der Waals surface area contributed by atoms with Gasteiger partial charge in [0.2, 0.25) is 0 Å². The summed E-state index contributed by atoms with van der Waals surface area (Å²) in [6, 6.07) is 3.48. The Morgan fingerprint density at radius 2 is 2.16 bits per heavy atom. The zero-order valence-corrected chi connectivity index (χ0v) is 10.9. The van der Waals surface area contributed by atoms with Gasteiger partial charge in [-0.1, -0.05) is 6.92 Å². The third-order valence-corrected chi connectivity index (χ3v) is 2.86. The van der Waals surface area contributed by atoms with Crippen molar-refractivity contribution in [1.82, 2.24) is 15.1 Å². The molecule has 0 aliphatic heterocycles. The van der Waals surface area contributed by atoms with Crippen molar-refractivity contribution in [2.75, 3.05) is 13.1 Å². The maximum Gasteiger partial charge on any atom is 0.151 e. The first-order valence-electron chi connectivity index (χ1n) is 6.40. The van der Waals surface area contributed by atoms with Gasteiger partial charge in [0.15, 0.2) is 5.82 Å². The topological polar surface area (TPSA) is 29.9 Å². The van der Waals surface area contributed by atoms with E-state index in [1.807, 2.05) is 0 Å². The van der Waals surface area contributed by atoms with Crippen LogP contribution in [0.1, 0.15) is 18.9 Å². The first-order valence-corrected chi connectivity index (χ1v) is 6.40. The van der Waals surface area contributed by atoms with Crippen molar-refractivity contribution in [3.63, 3.8) is 0 Å². The van der Waals surface area contributed by atoms with Gasteiger partial charge in [-0.15, -0.1) is 0 Å².